The van der Waals surface area contributed by atoms with E-state index in [1.165, 1.54) is 7.11 Å². The fourth-order valence-corrected chi connectivity index (χ4v) is 5.80. The summed E-state index contributed by atoms with van der Waals surface area (Å²) in [6.45, 7) is 3.01. The predicted octanol–water partition coefficient (Wildman–Crippen LogP) is 3.37. The van der Waals surface area contributed by atoms with Gasteiger partial charge in [-0.3, -0.25) is 14.9 Å². The summed E-state index contributed by atoms with van der Waals surface area (Å²) in [5.41, 5.74) is 1.08. The van der Waals surface area contributed by atoms with Crippen LogP contribution in [0.25, 0.3) is 0 Å². The number of anilines is 2. The van der Waals surface area contributed by atoms with Crippen molar-refractivity contribution in [3.8, 4) is 0 Å². The molecule has 0 radical (unpaired) electrons. The third kappa shape index (κ3) is 5.47. The van der Waals surface area contributed by atoms with Gasteiger partial charge in [0.25, 0.3) is 0 Å². The highest BCUT2D eigenvalue weighted by Crippen LogP contribution is 2.36. The number of hydrogen-bond donors (Lipinski definition) is 3. The molecule has 3 aliphatic rings. The van der Waals surface area contributed by atoms with E-state index in [0.29, 0.717) is 23.1 Å². The summed E-state index contributed by atoms with van der Waals surface area (Å²) in [4.78, 5) is 39.2. The number of likely N-dealkylation sites (tertiary alicyclic amines) is 1. The first-order valence-electron chi connectivity index (χ1n) is 12.8. The number of amides is 3. The van der Waals surface area contributed by atoms with Gasteiger partial charge in [-0.05, 0) is 62.5 Å². The fraction of sp³-hybridized carbons (Fsp3) is 0.615. The zero-order valence-electron chi connectivity index (χ0n) is 21.1. The number of halogens is 1. The Hall–Kier alpha value is -3.17. The maximum absolute atomic E-state index is 15.6. The van der Waals surface area contributed by atoms with E-state index < -0.39 is 17.6 Å². The number of piperidine rings is 3. The molecule has 3 amide bonds. The maximum Gasteiger partial charge on any atom is 0.409 e. The smallest absolute Gasteiger partial charge is 0.409 e. The van der Waals surface area contributed by atoms with Crippen LogP contribution in [-0.2, 0) is 14.3 Å². The average Bonchev–Trinajstić information content (AvgIpc) is 2.88. The Morgan fingerprint density at radius 2 is 1.75 bits per heavy atom. The van der Waals surface area contributed by atoms with E-state index in [4.69, 9.17) is 10.1 Å². The lowest BCUT2D eigenvalue weighted by atomic mass is 9.82. The van der Waals surface area contributed by atoms with Gasteiger partial charge in [-0.1, -0.05) is 0 Å². The SMILES string of the molecule is CNc1c(C(=N)C2CCC(=O)NC2=O)ccc(N2CCC(CC3CCN(C(=O)OC)CC3)CC2)c1F. The van der Waals surface area contributed by atoms with Gasteiger partial charge < -0.3 is 25.3 Å². The minimum absolute atomic E-state index is 0.0201. The van der Waals surface area contributed by atoms with Crippen LogP contribution in [0.3, 0.4) is 0 Å². The van der Waals surface area contributed by atoms with Crippen LogP contribution in [0.4, 0.5) is 20.6 Å². The third-order valence-electron chi connectivity index (χ3n) is 7.92. The number of carbonyl (C=O) groups is 3. The van der Waals surface area contributed by atoms with Crippen molar-refractivity contribution in [2.24, 2.45) is 17.8 Å². The number of carbonyl (C=O) groups excluding carboxylic acids is 3. The Bertz CT molecular complexity index is 1020. The van der Waals surface area contributed by atoms with Gasteiger partial charge in [-0.25, -0.2) is 9.18 Å². The third-order valence-corrected chi connectivity index (χ3v) is 7.92. The molecule has 3 aliphatic heterocycles. The normalized spacial score (nSPS) is 21.8. The van der Waals surface area contributed by atoms with Crippen molar-refractivity contribution in [1.29, 1.82) is 5.41 Å². The van der Waals surface area contributed by atoms with Crippen LogP contribution in [0.1, 0.15) is 50.5 Å². The molecule has 0 aromatic heterocycles. The second kappa shape index (κ2) is 11.3. The monoisotopic (exact) mass is 501 g/mol. The molecule has 3 heterocycles. The number of imide groups is 1. The highest BCUT2D eigenvalue weighted by molar-refractivity contribution is 6.17. The lowest BCUT2D eigenvalue weighted by Crippen LogP contribution is -2.44. The van der Waals surface area contributed by atoms with Crippen LogP contribution in [-0.4, -0.2) is 68.9 Å². The van der Waals surface area contributed by atoms with Crippen molar-refractivity contribution in [1.82, 2.24) is 10.2 Å². The molecule has 0 spiro atoms. The van der Waals surface area contributed by atoms with Crippen molar-refractivity contribution in [2.75, 3.05) is 50.6 Å². The zero-order chi connectivity index (χ0) is 25.8. The molecule has 3 saturated heterocycles. The van der Waals surface area contributed by atoms with Crippen LogP contribution in [0, 0.1) is 29.0 Å². The van der Waals surface area contributed by atoms with Crippen molar-refractivity contribution in [2.45, 2.75) is 44.9 Å². The molecule has 1 unspecified atom stereocenters. The molecule has 3 fully saturated rings. The number of methoxy groups -OCH3 is 1. The van der Waals surface area contributed by atoms with Gasteiger partial charge in [0.15, 0.2) is 5.82 Å². The van der Waals surface area contributed by atoms with Crippen molar-refractivity contribution < 1.29 is 23.5 Å². The standard InChI is InChI=1S/C26H36FN5O4/c1-29-24-18(23(28)19-4-6-21(33)30-25(19)34)3-5-20(22(24)27)31-11-7-16(8-12-31)15-17-9-13-32(14-10-17)26(35)36-2/h3,5,16-17,19,28-29H,4,6-15H2,1-2H3,(H,30,33,34). The topological polar surface area (TPSA) is 115 Å². The molecule has 0 bridgehead atoms. The molecular formula is C26H36FN5O4. The van der Waals surface area contributed by atoms with Gasteiger partial charge in [0.05, 0.1) is 30.1 Å². The summed E-state index contributed by atoms with van der Waals surface area (Å²) < 4.78 is 20.4. The van der Waals surface area contributed by atoms with Crippen LogP contribution in [0.2, 0.25) is 0 Å². The largest absolute Gasteiger partial charge is 0.453 e. The highest BCUT2D eigenvalue weighted by Gasteiger charge is 2.33. The van der Waals surface area contributed by atoms with E-state index in [9.17, 15) is 14.4 Å². The summed E-state index contributed by atoms with van der Waals surface area (Å²) in [7, 11) is 3.03. The first-order chi connectivity index (χ1) is 17.3. The Balaban J connectivity index is 1.36. The average molecular weight is 502 g/mol. The lowest BCUT2D eigenvalue weighted by molar-refractivity contribution is -0.134. The number of benzene rings is 1. The van der Waals surface area contributed by atoms with Crippen molar-refractivity contribution >= 4 is 35.0 Å². The molecular weight excluding hydrogens is 465 g/mol. The van der Waals surface area contributed by atoms with E-state index in [1.807, 2.05) is 0 Å². The molecule has 0 saturated carbocycles. The minimum atomic E-state index is -0.768. The highest BCUT2D eigenvalue weighted by atomic mass is 19.1. The second-order valence-electron chi connectivity index (χ2n) is 10.1. The fourth-order valence-electron chi connectivity index (χ4n) is 5.80. The lowest BCUT2D eigenvalue weighted by Gasteiger charge is -2.37. The van der Waals surface area contributed by atoms with Crippen LogP contribution < -0.4 is 15.5 Å². The van der Waals surface area contributed by atoms with Gasteiger partial charge >= 0.3 is 6.09 Å². The number of nitrogens with one attached hydrogen (secondary N) is 3. The van der Waals surface area contributed by atoms with Gasteiger partial charge in [-0.2, -0.15) is 0 Å². The Morgan fingerprint density at radius 1 is 1.11 bits per heavy atom. The number of hydrogen-bond acceptors (Lipinski definition) is 7. The first kappa shape index (κ1) is 25.9. The van der Waals surface area contributed by atoms with Gasteiger partial charge in [-0.15, -0.1) is 0 Å². The molecule has 1 aromatic rings. The van der Waals surface area contributed by atoms with Crippen LogP contribution >= 0.6 is 0 Å². The van der Waals surface area contributed by atoms with E-state index in [2.05, 4.69) is 15.5 Å². The molecule has 10 heteroatoms. The quantitative estimate of drug-likeness (QED) is 0.407. The molecule has 4 rings (SSSR count). The van der Waals surface area contributed by atoms with Crippen LogP contribution in [0.5, 0.6) is 0 Å². The molecule has 0 aliphatic carbocycles. The van der Waals surface area contributed by atoms with Crippen molar-refractivity contribution in [3.05, 3.63) is 23.5 Å². The Labute approximate surface area is 211 Å². The molecule has 36 heavy (non-hydrogen) atoms. The summed E-state index contributed by atoms with van der Waals surface area (Å²) in [5, 5.41) is 13.7. The number of rotatable bonds is 6. The van der Waals surface area contributed by atoms with E-state index in [-0.39, 0.29) is 36.2 Å². The first-order valence-corrected chi connectivity index (χ1v) is 12.8. The zero-order valence-corrected chi connectivity index (χ0v) is 21.1. The minimum Gasteiger partial charge on any atom is -0.453 e. The number of ether oxygens (including phenoxy) is 1. The Morgan fingerprint density at radius 3 is 2.33 bits per heavy atom. The van der Waals surface area contributed by atoms with Crippen molar-refractivity contribution in [3.63, 3.8) is 0 Å². The molecule has 1 atom stereocenters. The summed E-state index contributed by atoms with van der Waals surface area (Å²) >= 11 is 0. The second-order valence-corrected chi connectivity index (χ2v) is 10.1. The molecule has 196 valence electrons. The van der Waals surface area contributed by atoms with Crippen LogP contribution in [0.15, 0.2) is 12.1 Å². The molecule has 9 nitrogen and oxygen atoms in total. The van der Waals surface area contributed by atoms with Gasteiger partial charge in [0, 0.05) is 45.2 Å². The van der Waals surface area contributed by atoms with Gasteiger partial charge in [0.2, 0.25) is 11.8 Å². The summed E-state index contributed by atoms with van der Waals surface area (Å²) in [6, 6.07) is 3.41. The van der Waals surface area contributed by atoms with E-state index in [1.54, 1.807) is 24.1 Å². The van der Waals surface area contributed by atoms with E-state index in [0.717, 1.165) is 58.3 Å². The summed E-state index contributed by atoms with van der Waals surface area (Å²) in [6.07, 6.45) is 5.28. The predicted molar refractivity (Wildman–Crippen MR) is 135 cm³/mol. The Kier molecular flexibility index (Phi) is 8.11. The molecule has 3 N–H and O–H groups in total. The van der Waals surface area contributed by atoms with Gasteiger partial charge in [0.1, 0.15) is 0 Å². The molecule has 1 aromatic carbocycles. The summed E-state index contributed by atoms with van der Waals surface area (Å²) in [5.74, 6) is -0.832. The number of nitrogens with zero attached hydrogens (tertiary/aromatic N) is 2. The maximum atomic E-state index is 15.6. The van der Waals surface area contributed by atoms with E-state index >= 15 is 4.39 Å².